The van der Waals surface area contributed by atoms with Gasteiger partial charge in [-0.05, 0) is 7.05 Å². The Bertz CT molecular complexity index is 150. The van der Waals surface area contributed by atoms with Gasteiger partial charge in [0.1, 0.15) is 0 Å². The van der Waals surface area contributed by atoms with Gasteiger partial charge in [-0.1, -0.05) is 0 Å². The number of nitrogens with two attached hydrogens (primary N) is 2. The smallest absolute Gasteiger partial charge is 0.203 e. The largest absolute Gasteiger partial charge is 0.383 e. The highest BCUT2D eigenvalue weighted by molar-refractivity contribution is 5.77. The second kappa shape index (κ2) is 7.78. The highest BCUT2D eigenvalue weighted by Gasteiger charge is 1.95. The molecular weight excluding hydrogens is 170 g/mol. The van der Waals surface area contributed by atoms with Gasteiger partial charge in [-0.15, -0.1) is 0 Å². The van der Waals surface area contributed by atoms with Gasteiger partial charge in [-0.3, -0.25) is 10.4 Å². The van der Waals surface area contributed by atoms with E-state index in [1.807, 2.05) is 7.05 Å². The van der Waals surface area contributed by atoms with E-state index in [1.165, 1.54) is 0 Å². The van der Waals surface area contributed by atoms with Gasteiger partial charge in [-0.2, -0.15) is 0 Å². The maximum atomic E-state index is 5.33. The summed E-state index contributed by atoms with van der Waals surface area (Å²) in [6, 6.07) is 0. The minimum atomic E-state index is 0.264. The number of methoxy groups -OCH3 is 1. The molecule has 0 aliphatic rings. The summed E-state index contributed by atoms with van der Waals surface area (Å²) in [7, 11) is 3.68. The Morgan fingerprint density at radius 3 is 2.77 bits per heavy atom. The Kier molecular flexibility index (Phi) is 7.27. The average molecular weight is 189 g/mol. The molecule has 0 unspecified atom stereocenters. The van der Waals surface area contributed by atoms with E-state index in [9.17, 15) is 0 Å². The lowest BCUT2D eigenvalue weighted by Gasteiger charge is -2.14. The van der Waals surface area contributed by atoms with Crippen LogP contribution in [0.4, 0.5) is 0 Å². The molecule has 0 aromatic rings. The molecule has 78 valence electrons. The SMILES string of the molecule is COCCN(C)CCN=C(N)NN. The number of aliphatic imine (C=N–C) groups is 1. The van der Waals surface area contributed by atoms with E-state index in [2.05, 4.69) is 15.3 Å². The molecule has 0 aromatic carbocycles. The van der Waals surface area contributed by atoms with E-state index in [0.717, 1.165) is 19.7 Å². The van der Waals surface area contributed by atoms with E-state index in [-0.39, 0.29) is 5.96 Å². The molecule has 6 heteroatoms. The summed E-state index contributed by atoms with van der Waals surface area (Å²) in [4.78, 5) is 6.07. The van der Waals surface area contributed by atoms with Crippen molar-refractivity contribution in [3.8, 4) is 0 Å². The molecule has 0 aromatic heterocycles. The number of rotatable bonds is 6. The fourth-order valence-corrected chi connectivity index (χ4v) is 0.746. The lowest BCUT2D eigenvalue weighted by molar-refractivity contribution is 0.163. The summed E-state index contributed by atoms with van der Waals surface area (Å²) in [5.74, 6) is 5.29. The van der Waals surface area contributed by atoms with Gasteiger partial charge in [0.05, 0.1) is 13.2 Å². The van der Waals surface area contributed by atoms with Gasteiger partial charge in [0.25, 0.3) is 0 Å². The van der Waals surface area contributed by atoms with Crippen molar-refractivity contribution in [1.82, 2.24) is 10.3 Å². The van der Waals surface area contributed by atoms with Crippen LogP contribution in [0.3, 0.4) is 0 Å². The average Bonchev–Trinajstić information content (AvgIpc) is 2.14. The summed E-state index contributed by atoms with van der Waals surface area (Å²) in [6.45, 7) is 3.09. The number of likely N-dealkylation sites (N-methyl/N-ethyl adjacent to an activating group) is 1. The van der Waals surface area contributed by atoms with Crippen LogP contribution in [0.5, 0.6) is 0 Å². The second-order valence-electron chi connectivity index (χ2n) is 2.71. The van der Waals surface area contributed by atoms with Gasteiger partial charge < -0.3 is 15.4 Å². The van der Waals surface area contributed by atoms with E-state index >= 15 is 0 Å². The number of hydrogen-bond donors (Lipinski definition) is 3. The number of nitrogens with one attached hydrogen (secondary N) is 1. The van der Waals surface area contributed by atoms with Crippen molar-refractivity contribution in [1.29, 1.82) is 0 Å². The Morgan fingerprint density at radius 2 is 2.23 bits per heavy atom. The third kappa shape index (κ3) is 7.51. The molecule has 13 heavy (non-hydrogen) atoms. The number of hydrogen-bond acceptors (Lipinski definition) is 4. The molecule has 0 fully saturated rings. The van der Waals surface area contributed by atoms with Gasteiger partial charge in [0.2, 0.25) is 5.96 Å². The summed E-state index contributed by atoms with van der Waals surface area (Å²) >= 11 is 0. The van der Waals surface area contributed by atoms with Crippen LogP contribution in [-0.4, -0.2) is 51.3 Å². The fourth-order valence-electron chi connectivity index (χ4n) is 0.746. The Labute approximate surface area is 78.9 Å². The molecule has 0 amide bonds. The Balaban J connectivity index is 3.41. The van der Waals surface area contributed by atoms with Crippen LogP contribution in [0.25, 0.3) is 0 Å². The molecule has 0 aliphatic carbocycles. The highest BCUT2D eigenvalue weighted by atomic mass is 16.5. The first-order valence-electron chi connectivity index (χ1n) is 4.14. The molecule has 0 saturated heterocycles. The zero-order valence-electron chi connectivity index (χ0n) is 8.29. The van der Waals surface area contributed by atoms with Crippen molar-refractivity contribution in [2.24, 2.45) is 16.6 Å². The molecule has 0 rings (SSSR count). The zero-order valence-corrected chi connectivity index (χ0v) is 8.29. The molecule has 0 heterocycles. The first-order chi connectivity index (χ1) is 6.20. The second-order valence-corrected chi connectivity index (χ2v) is 2.71. The van der Waals surface area contributed by atoms with Gasteiger partial charge >= 0.3 is 0 Å². The van der Waals surface area contributed by atoms with Crippen LogP contribution in [0, 0.1) is 0 Å². The topological polar surface area (TPSA) is 88.9 Å². The van der Waals surface area contributed by atoms with Gasteiger partial charge in [-0.25, -0.2) is 5.84 Å². The number of nitrogens with zero attached hydrogens (tertiary/aromatic N) is 2. The van der Waals surface area contributed by atoms with Crippen LogP contribution in [0.1, 0.15) is 0 Å². The van der Waals surface area contributed by atoms with Crippen molar-refractivity contribution in [3.63, 3.8) is 0 Å². The van der Waals surface area contributed by atoms with Crippen molar-refractivity contribution in [2.75, 3.05) is 40.4 Å². The maximum absolute atomic E-state index is 5.33. The van der Waals surface area contributed by atoms with E-state index < -0.39 is 0 Å². The molecule has 0 spiro atoms. The first kappa shape index (κ1) is 12.2. The molecule has 6 nitrogen and oxygen atoms in total. The maximum Gasteiger partial charge on any atom is 0.203 e. The molecule has 5 N–H and O–H groups in total. The van der Waals surface area contributed by atoms with Crippen molar-refractivity contribution >= 4 is 5.96 Å². The van der Waals surface area contributed by atoms with Gasteiger partial charge in [0, 0.05) is 20.2 Å². The third-order valence-corrected chi connectivity index (χ3v) is 1.59. The summed E-state index contributed by atoms with van der Waals surface area (Å²) in [5, 5.41) is 0. The predicted octanol–water partition coefficient (Wildman–Crippen LogP) is -1.66. The lowest BCUT2D eigenvalue weighted by Crippen LogP contribution is -2.37. The van der Waals surface area contributed by atoms with Crippen molar-refractivity contribution in [2.45, 2.75) is 0 Å². The lowest BCUT2D eigenvalue weighted by atomic mass is 10.5. The zero-order chi connectivity index (χ0) is 10.1. The van der Waals surface area contributed by atoms with Crippen LogP contribution < -0.4 is 17.0 Å². The number of hydrazine groups is 1. The van der Waals surface area contributed by atoms with Crippen LogP contribution in [0.15, 0.2) is 4.99 Å². The number of ether oxygens (including phenoxy) is 1. The van der Waals surface area contributed by atoms with E-state index in [1.54, 1.807) is 7.11 Å². The third-order valence-electron chi connectivity index (χ3n) is 1.59. The number of guanidine groups is 1. The Hall–Kier alpha value is -0.850. The molecule has 0 bridgehead atoms. The van der Waals surface area contributed by atoms with Crippen molar-refractivity contribution in [3.05, 3.63) is 0 Å². The summed E-state index contributed by atoms with van der Waals surface area (Å²) in [6.07, 6.45) is 0. The van der Waals surface area contributed by atoms with Gasteiger partial charge in [0.15, 0.2) is 0 Å². The quantitative estimate of drug-likeness (QED) is 0.201. The van der Waals surface area contributed by atoms with Crippen LogP contribution in [-0.2, 0) is 4.74 Å². The normalized spacial score (nSPS) is 12.2. The van der Waals surface area contributed by atoms with Crippen molar-refractivity contribution < 1.29 is 4.74 Å². The highest BCUT2D eigenvalue weighted by Crippen LogP contribution is 1.82. The van der Waals surface area contributed by atoms with Crippen LogP contribution >= 0.6 is 0 Å². The Morgan fingerprint density at radius 1 is 1.54 bits per heavy atom. The van der Waals surface area contributed by atoms with E-state index in [0.29, 0.717) is 6.54 Å². The first-order valence-corrected chi connectivity index (χ1v) is 4.14. The standard InChI is InChI=1S/C7H19N5O/c1-12(5-6-13-2)4-3-10-7(8)11-9/h3-6,9H2,1-2H3,(H3,8,10,11). The predicted molar refractivity (Wildman–Crippen MR) is 53.2 cm³/mol. The monoisotopic (exact) mass is 189 g/mol. The molecular formula is C7H19N5O. The summed E-state index contributed by atoms with van der Waals surface area (Å²) < 4.78 is 4.93. The van der Waals surface area contributed by atoms with E-state index in [4.69, 9.17) is 16.3 Å². The van der Waals surface area contributed by atoms with Crippen LogP contribution in [0.2, 0.25) is 0 Å². The minimum Gasteiger partial charge on any atom is -0.383 e. The summed E-state index contributed by atoms with van der Waals surface area (Å²) in [5.41, 5.74) is 7.60. The molecule has 0 radical (unpaired) electrons. The fraction of sp³-hybridized carbons (Fsp3) is 0.857. The molecule has 0 saturated carbocycles. The molecule has 0 aliphatic heterocycles. The molecule has 0 atom stereocenters. The minimum absolute atomic E-state index is 0.264.